The summed E-state index contributed by atoms with van der Waals surface area (Å²) in [5.74, 6) is 0.289. The van der Waals surface area contributed by atoms with Gasteiger partial charge in [-0.05, 0) is 19.8 Å². The van der Waals surface area contributed by atoms with Crippen LogP contribution in [-0.2, 0) is 4.74 Å². The van der Waals surface area contributed by atoms with Crippen LogP contribution >= 0.6 is 23.2 Å². The van der Waals surface area contributed by atoms with E-state index >= 15 is 0 Å². The van der Waals surface area contributed by atoms with Gasteiger partial charge in [-0.2, -0.15) is 0 Å². The Labute approximate surface area is 131 Å². The van der Waals surface area contributed by atoms with E-state index in [-0.39, 0.29) is 12.5 Å². The monoisotopic (exact) mass is 326 g/mol. The minimum atomic E-state index is -0.473. The fourth-order valence-corrected chi connectivity index (χ4v) is 2.68. The second-order valence-corrected chi connectivity index (χ2v) is 5.56. The molecule has 0 spiro atoms. The molecule has 0 saturated heterocycles. The molecule has 110 valence electrons. The van der Waals surface area contributed by atoms with Gasteiger partial charge in [0.05, 0.1) is 16.7 Å². The van der Waals surface area contributed by atoms with Gasteiger partial charge in [-0.1, -0.05) is 28.4 Å². The third-order valence-electron chi connectivity index (χ3n) is 3.24. The lowest BCUT2D eigenvalue weighted by molar-refractivity contribution is 0.0524. The minimum Gasteiger partial charge on any atom is -0.462 e. The normalized spacial score (nSPS) is 14.2. The molecule has 7 heteroatoms. The molecule has 0 amide bonds. The fourth-order valence-electron chi connectivity index (χ4n) is 2.14. The zero-order chi connectivity index (χ0) is 15.0. The van der Waals surface area contributed by atoms with Crippen LogP contribution in [0.15, 0.2) is 16.9 Å². The van der Waals surface area contributed by atoms with Gasteiger partial charge in [-0.15, -0.1) is 0 Å². The van der Waals surface area contributed by atoms with Gasteiger partial charge in [-0.3, -0.25) is 4.98 Å². The third kappa shape index (κ3) is 2.63. The van der Waals surface area contributed by atoms with Gasteiger partial charge in [-0.25, -0.2) is 4.79 Å². The summed E-state index contributed by atoms with van der Waals surface area (Å²) in [6, 6.07) is 0. The molecule has 2 aromatic heterocycles. The van der Waals surface area contributed by atoms with E-state index < -0.39 is 5.97 Å². The van der Waals surface area contributed by atoms with Gasteiger partial charge < -0.3 is 9.26 Å². The number of carbonyl (C=O) groups is 1. The van der Waals surface area contributed by atoms with Crippen molar-refractivity contribution in [2.75, 3.05) is 6.61 Å². The second-order valence-electron chi connectivity index (χ2n) is 4.74. The first-order valence-electron chi connectivity index (χ1n) is 6.59. The summed E-state index contributed by atoms with van der Waals surface area (Å²) in [5, 5.41) is 4.62. The molecular weight excluding hydrogens is 315 g/mol. The Bertz CT molecular complexity index is 675. The molecule has 0 aliphatic heterocycles. The standard InChI is InChI=1S/C14H12Cl2N2O3/c1-2-20-14(19)11-12(18-21-13(11)7-3-4-7)10-8(15)5-17-6-9(10)16/h5-7H,2-4H2,1H3. The summed E-state index contributed by atoms with van der Waals surface area (Å²) in [6.45, 7) is 2.01. The van der Waals surface area contributed by atoms with Gasteiger partial charge in [0, 0.05) is 23.9 Å². The molecule has 0 aromatic carbocycles. The Hall–Kier alpha value is -1.59. The predicted octanol–water partition coefficient (Wildman–Crippen LogP) is 4.10. The number of ether oxygens (including phenoxy) is 1. The molecule has 0 bridgehead atoms. The van der Waals surface area contributed by atoms with Crippen LogP contribution in [0.1, 0.15) is 41.8 Å². The maximum absolute atomic E-state index is 12.3. The molecule has 1 fully saturated rings. The maximum Gasteiger partial charge on any atom is 0.344 e. The van der Waals surface area contributed by atoms with E-state index in [9.17, 15) is 4.79 Å². The smallest absolute Gasteiger partial charge is 0.344 e. The minimum absolute atomic E-state index is 0.213. The molecular formula is C14H12Cl2N2O3. The van der Waals surface area contributed by atoms with E-state index in [0.29, 0.717) is 32.6 Å². The largest absolute Gasteiger partial charge is 0.462 e. The molecule has 5 nitrogen and oxygen atoms in total. The number of pyridine rings is 1. The molecule has 3 rings (SSSR count). The van der Waals surface area contributed by atoms with E-state index in [1.807, 2.05) is 0 Å². The summed E-state index contributed by atoms with van der Waals surface area (Å²) < 4.78 is 10.5. The highest BCUT2D eigenvalue weighted by Crippen LogP contribution is 2.45. The van der Waals surface area contributed by atoms with Gasteiger partial charge in [0.1, 0.15) is 11.3 Å². The first kappa shape index (κ1) is 14.4. The van der Waals surface area contributed by atoms with Crippen molar-refractivity contribution in [3.8, 4) is 11.3 Å². The number of rotatable bonds is 4. The van der Waals surface area contributed by atoms with Gasteiger partial charge in [0.2, 0.25) is 0 Å². The second kappa shape index (κ2) is 5.66. The van der Waals surface area contributed by atoms with Crippen molar-refractivity contribution >= 4 is 29.2 Å². The fraction of sp³-hybridized carbons (Fsp3) is 0.357. The Kier molecular flexibility index (Phi) is 3.87. The highest BCUT2D eigenvalue weighted by Gasteiger charge is 2.36. The maximum atomic E-state index is 12.3. The van der Waals surface area contributed by atoms with Crippen LogP contribution in [0, 0.1) is 0 Å². The topological polar surface area (TPSA) is 65.2 Å². The molecule has 1 aliphatic carbocycles. The number of hydrogen-bond donors (Lipinski definition) is 0. The van der Waals surface area contributed by atoms with E-state index in [1.54, 1.807) is 6.92 Å². The van der Waals surface area contributed by atoms with Crippen molar-refractivity contribution < 1.29 is 14.1 Å². The quantitative estimate of drug-likeness (QED) is 0.791. The summed E-state index contributed by atoms with van der Waals surface area (Å²) in [4.78, 5) is 16.1. The van der Waals surface area contributed by atoms with Gasteiger partial charge >= 0.3 is 5.97 Å². The number of hydrogen-bond acceptors (Lipinski definition) is 5. The Balaban J connectivity index is 2.16. The molecule has 0 atom stereocenters. The molecule has 0 unspecified atom stereocenters. The van der Waals surface area contributed by atoms with Crippen LogP contribution < -0.4 is 0 Å². The summed E-state index contributed by atoms with van der Waals surface area (Å²) >= 11 is 12.3. The van der Waals surface area contributed by atoms with Gasteiger partial charge in [0.15, 0.2) is 5.76 Å². The summed E-state index contributed by atoms with van der Waals surface area (Å²) in [7, 11) is 0. The molecule has 21 heavy (non-hydrogen) atoms. The Morgan fingerprint density at radius 3 is 2.62 bits per heavy atom. The number of halogens is 2. The van der Waals surface area contributed by atoms with E-state index in [2.05, 4.69) is 10.1 Å². The molecule has 2 heterocycles. The van der Waals surface area contributed by atoms with Crippen LogP contribution in [0.5, 0.6) is 0 Å². The highest BCUT2D eigenvalue weighted by molar-refractivity contribution is 6.39. The van der Waals surface area contributed by atoms with E-state index in [0.717, 1.165) is 12.8 Å². The number of esters is 1. The third-order valence-corrected chi connectivity index (χ3v) is 3.81. The van der Waals surface area contributed by atoms with Gasteiger partial charge in [0.25, 0.3) is 0 Å². The average Bonchev–Trinajstić information content (AvgIpc) is 3.19. The predicted molar refractivity (Wildman–Crippen MR) is 77.7 cm³/mol. The average molecular weight is 327 g/mol. The first-order chi connectivity index (χ1) is 10.1. The summed E-state index contributed by atoms with van der Waals surface area (Å²) in [5.41, 5.74) is 1.06. The zero-order valence-corrected chi connectivity index (χ0v) is 12.7. The molecule has 1 saturated carbocycles. The Morgan fingerprint density at radius 2 is 2.05 bits per heavy atom. The molecule has 2 aromatic rings. The molecule has 0 N–H and O–H groups in total. The lowest BCUT2D eigenvalue weighted by Crippen LogP contribution is -2.07. The lowest BCUT2D eigenvalue weighted by Gasteiger charge is -2.06. The number of aromatic nitrogens is 2. The highest BCUT2D eigenvalue weighted by atomic mass is 35.5. The SMILES string of the molecule is CCOC(=O)c1c(-c2c(Cl)cncc2Cl)noc1C1CC1. The molecule has 0 radical (unpaired) electrons. The lowest BCUT2D eigenvalue weighted by atomic mass is 10.1. The van der Waals surface area contributed by atoms with Crippen LogP contribution in [0.25, 0.3) is 11.3 Å². The Morgan fingerprint density at radius 1 is 1.38 bits per heavy atom. The van der Waals surface area contributed by atoms with Crippen molar-refractivity contribution in [1.29, 1.82) is 0 Å². The van der Waals surface area contributed by atoms with Crippen molar-refractivity contribution in [2.45, 2.75) is 25.7 Å². The summed E-state index contributed by atoms with van der Waals surface area (Å²) in [6.07, 6.45) is 4.84. The number of carbonyl (C=O) groups excluding carboxylic acids is 1. The van der Waals surface area contributed by atoms with E-state index in [1.165, 1.54) is 12.4 Å². The molecule has 1 aliphatic rings. The zero-order valence-electron chi connectivity index (χ0n) is 11.2. The van der Waals surface area contributed by atoms with Crippen molar-refractivity contribution in [3.63, 3.8) is 0 Å². The van der Waals surface area contributed by atoms with Crippen LogP contribution in [-0.4, -0.2) is 22.7 Å². The first-order valence-corrected chi connectivity index (χ1v) is 7.35. The van der Waals surface area contributed by atoms with Crippen LogP contribution in [0.2, 0.25) is 10.0 Å². The van der Waals surface area contributed by atoms with Crippen molar-refractivity contribution in [2.24, 2.45) is 0 Å². The number of nitrogens with zero attached hydrogens (tertiary/aromatic N) is 2. The van der Waals surface area contributed by atoms with Crippen LogP contribution in [0.3, 0.4) is 0 Å². The van der Waals surface area contributed by atoms with Crippen molar-refractivity contribution in [1.82, 2.24) is 10.1 Å². The van der Waals surface area contributed by atoms with E-state index in [4.69, 9.17) is 32.5 Å². The van der Waals surface area contributed by atoms with Crippen molar-refractivity contribution in [3.05, 3.63) is 33.8 Å². The van der Waals surface area contributed by atoms with Crippen LogP contribution in [0.4, 0.5) is 0 Å².